The third-order valence-electron chi connectivity index (χ3n) is 6.03. The summed E-state index contributed by atoms with van der Waals surface area (Å²) >= 11 is 0. The Morgan fingerprint density at radius 3 is 2.32 bits per heavy atom. The summed E-state index contributed by atoms with van der Waals surface area (Å²) in [6, 6.07) is 8.96. The molecule has 1 amide bonds. The number of methoxy groups -OCH3 is 1. The van der Waals surface area contributed by atoms with E-state index >= 15 is 0 Å². The van der Waals surface area contributed by atoms with Crippen LogP contribution >= 0.6 is 0 Å². The maximum atomic E-state index is 13.4. The van der Waals surface area contributed by atoms with Gasteiger partial charge in [0.05, 0.1) is 11.7 Å². The van der Waals surface area contributed by atoms with Crippen LogP contribution < -0.4 is 4.74 Å². The first-order valence-corrected chi connectivity index (χ1v) is 12.7. The van der Waals surface area contributed by atoms with Crippen LogP contribution in [-0.4, -0.2) is 63.5 Å². The second kappa shape index (κ2) is 10.2. The molecule has 0 radical (unpaired) electrons. The van der Waals surface area contributed by atoms with Gasteiger partial charge in [0.15, 0.2) is 12.4 Å². The average Bonchev–Trinajstić information content (AvgIpc) is 3.15. The van der Waals surface area contributed by atoms with Gasteiger partial charge in [-0.15, -0.1) is 10.2 Å². The van der Waals surface area contributed by atoms with Crippen molar-refractivity contribution in [3.05, 3.63) is 41.6 Å². The van der Waals surface area contributed by atoms with Crippen LogP contribution in [-0.2, 0) is 20.6 Å². The topological polar surface area (TPSA) is 105 Å². The molecular formula is C28H36N4O6. The maximum absolute atomic E-state index is 13.4. The van der Waals surface area contributed by atoms with Crippen molar-refractivity contribution in [1.29, 1.82) is 0 Å². The van der Waals surface area contributed by atoms with Crippen molar-refractivity contribution < 1.29 is 28.5 Å². The van der Waals surface area contributed by atoms with Gasteiger partial charge in [-0.25, -0.2) is 14.2 Å². The summed E-state index contributed by atoms with van der Waals surface area (Å²) in [5.41, 5.74) is 1.90. The van der Waals surface area contributed by atoms with Crippen LogP contribution in [0.5, 0.6) is 5.75 Å². The number of fused-ring (bicyclic) bond motifs is 3. The fourth-order valence-corrected chi connectivity index (χ4v) is 4.57. The Balaban J connectivity index is 1.88. The molecule has 38 heavy (non-hydrogen) atoms. The minimum absolute atomic E-state index is 0.0823. The van der Waals surface area contributed by atoms with Gasteiger partial charge in [0.1, 0.15) is 17.0 Å². The van der Waals surface area contributed by atoms with Gasteiger partial charge in [-0.05, 0) is 66.7 Å². The molecular weight excluding hydrogens is 488 g/mol. The van der Waals surface area contributed by atoms with Crippen LogP contribution in [0.1, 0.15) is 65.8 Å². The number of aromatic nitrogens is 3. The third-order valence-corrected chi connectivity index (χ3v) is 6.03. The lowest BCUT2D eigenvalue weighted by atomic mass is 9.97. The van der Waals surface area contributed by atoms with Gasteiger partial charge in [0.2, 0.25) is 0 Å². The monoisotopic (exact) mass is 524 g/mol. The molecule has 1 aliphatic rings. The first-order valence-electron chi connectivity index (χ1n) is 12.7. The summed E-state index contributed by atoms with van der Waals surface area (Å²) < 4.78 is 23.7. The Morgan fingerprint density at radius 1 is 1.00 bits per heavy atom. The molecule has 3 heterocycles. The molecule has 1 aliphatic heterocycles. The highest BCUT2D eigenvalue weighted by atomic mass is 16.7. The molecule has 204 valence electrons. The number of carbonyl (C=O) groups excluding carboxylic acids is 2. The van der Waals surface area contributed by atoms with E-state index in [4.69, 9.17) is 18.9 Å². The van der Waals surface area contributed by atoms with Crippen molar-refractivity contribution in [1.82, 2.24) is 19.7 Å². The van der Waals surface area contributed by atoms with E-state index in [9.17, 15) is 9.59 Å². The van der Waals surface area contributed by atoms with Gasteiger partial charge >= 0.3 is 12.2 Å². The second-order valence-corrected chi connectivity index (χ2v) is 11.3. The predicted molar refractivity (Wildman–Crippen MR) is 142 cm³/mol. The minimum Gasteiger partial charge on any atom is -0.467 e. The molecule has 1 aromatic carbocycles. The lowest BCUT2D eigenvalue weighted by molar-refractivity contribution is 0.0159. The largest absolute Gasteiger partial charge is 0.467 e. The molecule has 0 bridgehead atoms. The highest BCUT2D eigenvalue weighted by molar-refractivity contribution is 5.94. The zero-order valence-corrected chi connectivity index (χ0v) is 23.3. The van der Waals surface area contributed by atoms with Gasteiger partial charge in [0, 0.05) is 42.3 Å². The number of carbonyl (C=O) groups is 2. The number of hydrogen-bond donors (Lipinski definition) is 0. The van der Waals surface area contributed by atoms with E-state index < -0.39 is 23.4 Å². The Labute approximate surface area is 222 Å². The normalized spacial score (nSPS) is 15.8. The number of ether oxygens (including phenoxy) is 4. The number of nitrogens with zero attached hydrogens (tertiary/aromatic N) is 4. The van der Waals surface area contributed by atoms with Crippen LogP contribution in [0.15, 0.2) is 30.3 Å². The van der Waals surface area contributed by atoms with Gasteiger partial charge in [-0.1, -0.05) is 12.1 Å². The number of para-hydroxylation sites is 1. The van der Waals surface area contributed by atoms with E-state index in [-0.39, 0.29) is 12.8 Å². The standard InChI is InChI=1S/C28H36N4O6/c1-17-23-19-15-20(18-11-9-10-12-22(18)36-16-35-8)29-30-24(19)32(26(34)38-28(5,6)7)21(23)13-14-31(17)25(33)37-27(2,3)4/h9-12,15,17H,13-14,16H2,1-8H3. The Kier molecular flexibility index (Phi) is 7.38. The SMILES string of the molecule is COCOc1ccccc1-c1cc2c3c(n(C(=O)OC(C)(C)C)c2nn1)CCN(C(=O)OC(C)(C)C)C3C. The van der Waals surface area contributed by atoms with Crippen LogP contribution in [0.2, 0.25) is 0 Å². The molecule has 0 N–H and O–H groups in total. The smallest absolute Gasteiger partial charge is 0.420 e. The van der Waals surface area contributed by atoms with Crippen molar-refractivity contribution in [2.75, 3.05) is 20.4 Å². The summed E-state index contributed by atoms with van der Waals surface area (Å²) in [5, 5.41) is 9.65. The molecule has 0 aliphatic carbocycles. The highest BCUT2D eigenvalue weighted by Crippen LogP contribution is 2.40. The first-order chi connectivity index (χ1) is 17.8. The predicted octanol–water partition coefficient (Wildman–Crippen LogP) is 5.72. The van der Waals surface area contributed by atoms with Crippen molar-refractivity contribution >= 4 is 23.2 Å². The van der Waals surface area contributed by atoms with Crippen molar-refractivity contribution in [2.45, 2.75) is 72.1 Å². The molecule has 1 atom stereocenters. The molecule has 10 heteroatoms. The van der Waals surface area contributed by atoms with Crippen LogP contribution in [0.4, 0.5) is 9.59 Å². The van der Waals surface area contributed by atoms with Crippen LogP contribution in [0, 0.1) is 0 Å². The molecule has 0 saturated carbocycles. The van der Waals surface area contributed by atoms with Crippen LogP contribution in [0.3, 0.4) is 0 Å². The Hall–Kier alpha value is -3.66. The molecule has 2 aromatic heterocycles. The fraction of sp³-hybridized carbons (Fsp3) is 0.500. The quantitative estimate of drug-likeness (QED) is 0.399. The van der Waals surface area contributed by atoms with E-state index in [1.807, 2.05) is 78.8 Å². The van der Waals surface area contributed by atoms with Crippen molar-refractivity contribution in [3.8, 4) is 17.0 Å². The number of amides is 1. The van der Waals surface area contributed by atoms with Crippen molar-refractivity contribution in [3.63, 3.8) is 0 Å². The third kappa shape index (κ3) is 5.60. The number of hydrogen-bond acceptors (Lipinski definition) is 8. The Morgan fingerprint density at radius 2 is 1.66 bits per heavy atom. The van der Waals surface area contributed by atoms with Crippen molar-refractivity contribution in [2.24, 2.45) is 0 Å². The zero-order valence-electron chi connectivity index (χ0n) is 23.3. The molecule has 0 spiro atoms. The van der Waals surface area contributed by atoms with E-state index in [1.165, 1.54) is 4.57 Å². The van der Waals surface area contributed by atoms with Gasteiger partial charge in [0.25, 0.3) is 0 Å². The summed E-state index contributed by atoms with van der Waals surface area (Å²) in [4.78, 5) is 28.1. The van der Waals surface area contributed by atoms with Gasteiger partial charge < -0.3 is 23.8 Å². The highest BCUT2D eigenvalue weighted by Gasteiger charge is 2.37. The first kappa shape index (κ1) is 27.4. The fourth-order valence-electron chi connectivity index (χ4n) is 4.57. The lowest BCUT2D eigenvalue weighted by Crippen LogP contribution is -2.42. The van der Waals surface area contributed by atoms with E-state index in [1.54, 1.807) is 12.0 Å². The van der Waals surface area contributed by atoms with Crippen LogP contribution in [0.25, 0.3) is 22.3 Å². The van der Waals surface area contributed by atoms with Gasteiger partial charge in [-0.3, -0.25) is 0 Å². The summed E-state index contributed by atoms with van der Waals surface area (Å²) in [7, 11) is 1.55. The lowest BCUT2D eigenvalue weighted by Gasteiger charge is -2.35. The summed E-state index contributed by atoms with van der Waals surface area (Å²) in [6.07, 6.45) is -0.515. The number of benzene rings is 1. The van der Waals surface area contributed by atoms with Gasteiger partial charge in [-0.2, -0.15) is 0 Å². The Bertz CT molecular complexity index is 1350. The molecule has 0 fully saturated rings. The minimum atomic E-state index is -0.700. The van der Waals surface area contributed by atoms with E-state index in [0.29, 0.717) is 35.4 Å². The van der Waals surface area contributed by atoms with E-state index in [0.717, 1.165) is 16.8 Å². The molecule has 4 rings (SSSR count). The molecule has 1 unspecified atom stereocenters. The molecule has 3 aromatic rings. The molecule has 10 nitrogen and oxygen atoms in total. The zero-order chi connectivity index (χ0) is 27.8. The number of rotatable bonds is 4. The van der Waals surface area contributed by atoms with E-state index in [2.05, 4.69) is 10.2 Å². The molecule has 0 saturated heterocycles. The second-order valence-electron chi connectivity index (χ2n) is 11.3. The summed E-state index contributed by atoms with van der Waals surface area (Å²) in [5.74, 6) is 0.590. The summed E-state index contributed by atoms with van der Waals surface area (Å²) in [6.45, 7) is 13.4. The average molecular weight is 525 g/mol. The maximum Gasteiger partial charge on any atom is 0.420 e.